The van der Waals surface area contributed by atoms with Gasteiger partial charge in [0.15, 0.2) is 0 Å². The lowest BCUT2D eigenvalue weighted by atomic mass is 9.79. The molecule has 2 aliphatic heterocycles. The van der Waals surface area contributed by atoms with Crippen LogP contribution in [0.5, 0.6) is 0 Å². The van der Waals surface area contributed by atoms with Crippen LogP contribution in [0.2, 0.25) is 0 Å². The van der Waals surface area contributed by atoms with Gasteiger partial charge in [0.1, 0.15) is 0 Å². The Hall–Kier alpha value is -6.45. The van der Waals surface area contributed by atoms with Gasteiger partial charge in [-0.2, -0.15) is 0 Å². The number of thiophene rings is 1. The van der Waals surface area contributed by atoms with Gasteiger partial charge < -0.3 is 28.4 Å². The summed E-state index contributed by atoms with van der Waals surface area (Å²) >= 11 is 1.82. The van der Waals surface area contributed by atoms with Crippen molar-refractivity contribution in [1.29, 1.82) is 0 Å². The number of anilines is 6. The summed E-state index contributed by atoms with van der Waals surface area (Å²) in [5.41, 5.74) is 11.3. The molecule has 0 saturated carbocycles. The number of hydrogen-bond donors (Lipinski definition) is 0. The molecular formula is C60H56B2N2O4S. The van der Waals surface area contributed by atoms with Crippen LogP contribution < -0.4 is 20.7 Å². The van der Waals surface area contributed by atoms with Crippen LogP contribution in [-0.4, -0.2) is 36.6 Å². The first-order valence-corrected chi connectivity index (χ1v) is 24.7. The molecule has 2 saturated heterocycles. The van der Waals surface area contributed by atoms with E-state index in [-0.39, 0.29) is 0 Å². The molecule has 0 amide bonds. The summed E-state index contributed by atoms with van der Waals surface area (Å²) in [6.07, 6.45) is 0. The van der Waals surface area contributed by atoms with Gasteiger partial charge in [0.25, 0.3) is 0 Å². The molecule has 0 N–H and O–H groups in total. The van der Waals surface area contributed by atoms with Crippen molar-refractivity contribution in [3.8, 4) is 22.3 Å². The van der Waals surface area contributed by atoms with Gasteiger partial charge >= 0.3 is 14.2 Å². The molecule has 2 fully saturated rings. The van der Waals surface area contributed by atoms with Gasteiger partial charge in [-0.1, -0.05) is 109 Å². The third kappa shape index (κ3) is 8.36. The van der Waals surface area contributed by atoms with Crippen molar-refractivity contribution in [2.24, 2.45) is 0 Å². The van der Waals surface area contributed by atoms with E-state index in [1.54, 1.807) is 0 Å². The predicted molar refractivity (Wildman–Crippen MR) is 291 cm³/mol. The molecule has 1 aromatic heterocycles. The van der Waals surface area contributed by atoms with Crippen molar-refractivity contribution in [3.63, 3.8) is 0 Å². The minimum absolute atomic E-state index is 0.425. The quantitative estimate of drug-likeness (QED) is 0.127. The summed E-state index contributed by atoms with van der Waals surface area (Å²) in [5, 5.41) is 2.40. The Labute approximate surface area is 411 Å². The first-order chi connectivity index (χ1) is 33.1. The molecule has 69 heavy (non-hydrogen) atoms. The topological polar surface area (TPSA) is 43.4 Å². The van der Waals surface area contributed by atoms with Crippen molar-refractivity contribution >= 4 is 90.8 Å². The Balaban J connectivity index is 0.995. The molecule has 0 atom stereocenters. The normalized spacial score (nSPS) is 16.9. The first-order valence-electron chi connectivity index (χ1n) is 23.9. The second kappa shape index (κ2) is 17.2. The van der Waals surface area contributed by atoms with E-state index >= 15 is 0 Å². The van der Waals surface area contributed by atoms with Crippen molar-refractivity contribution in [2.75, 3.05) is 9.80 Å². The zero-order chi connectivity index (χ0) is 47.7. The lowest BCUT2D eigenvalue weighted by Crippen LogP contribution is -2.41. The summed E-state index contributed by atoms with van der Waals surface area (Å²) in [6.45, 7) is 16.8. The second-order valence-electron chi connectivity index (χ2n) is 20.3. The highest BCUT2D eigenvalue weighted by atomic mass is 32.1. The first kappa shape index (κ1) is 45.0. The van der Waals surface area contributed by atoms with Crippen LogP contribution in [0.15, 0.2) is 194 Å². The van der Waals surface area contributed by atoms with Crippen LogP contribution in [0, 0.1) is 0 Å². The summed E-state index contributed by atoms with van der Waals surface area (Å²) in [5.74, 6) is 0. The van der Waals surface area contributed by atoms with E-state index in [2.05, 4.69) is 259 Å². The highest BCUT2D eigenvalue weighted by molar-refractivity contribution is 7.25. The Bertz CT molecular complexity index is 3030. The average Bonchev–Trinajstić information content (AvgIpc) is 3.91. The van der Waals surface area contributed by atoms with Crippen molar-refractivity contribution < 1.29 is 18.6 Å². The maximum Gasteiger partial charge on any atom is 0.494 e. The number of fused-ring (bicyclic) bond motifs is 3. The third-order valence-electron chi connectivity index (χ3n) is 14.8. The zero-order valence-electron chi connectivity index (χ0n) is 40.6. The Kier molecular flexibility index (Phi) is 11.2. The van der Waals surface area contributed by atoms with Gasteiger partial charge in [0.2, 0.25) is 0 Å². The molecule has 3 heterocycles. The van der Waals surface area contributed by atoms with E-state index in [1.807, 2.05) is 11.3 Å². The van der Waals surface area contributed by atoms with Gasteiger partial charge in [0.05, 0.1) is 22.4 Å². The largest absolute Gasteiger partial charge is 0.494 e. The second-order valence-corrected chi connectivity index (χ2v) is 21.4. The molecule has 342 valence electrons. The molecule has 2 aliphatic rings. The van der Waals surface area contributed by atoms with Crippen molar-refractivity contribution in [2.45, 2.75) is 77.8 Å². The Morgan fingerprint density at radius 2 is 0.594 bits per heavy atom. The lowest BCUT2D eigenvalue weighted by Gasteiger charge is -2.32. The molecule has 0 bridgehead atoms. The number of nitrogens with zero attached hydrogens (tertiary/aromatic N) is 2. The molecule has 11 rings (SSSR count). The molecule has 6 nitrogen and oxygen atoms in total. The SMILES string of the molecule is CC1(C)OB(c2ccc(N(c3ccc(-c4ccccc4)cc3)c3ccc4sc5ccc(N(c6ccc(B7OC(C)(C)C(C)(C)O7)cc6)c6ccc(-c7ccccc7)cc6)cc5c4c3)cc2)OC1(C)C. The van der Waals surface area contributed by atoms with E-state index in [0.717, 1.165) is 45.0 Å². The van der Waals surface area contributed by atoms with Gasteiger partial charge in [-0.15, -0.1) is 11.3 Å². The van der Waals surface area contributed by atoms with Crippen LogP contribution >= 0.6 is 11.3 Å². The fourth-order valence-corrected chi connectivity index (χ4v) is 10.4. The van der Waals surface area contributed by atoms with Crippen molar-refractivity contribution in [1.82, 2.24) is 0 Å². The average molecular weight is 923 g/mol. The fourth-order valence-electron chi connectivity index (χ4n) is 9.31. The molecule has 0 unspecified atom stereocenters. The number of hydrogen-bond acceptors (Lipinski definition) is 7. The van der Waals surface area contributed by atoms with Gasteiger partial charge in [-0.3, -0.25) is 0 Å². The standard InChI is InChI=1S/C60H56B2N2O4S/c1-57(2)58(3,4)66-61(65-57)45-23-31-49(32-24-45)63(47-27-19-43(20-28-47)41-15-11-9-12-16-41)51-35-37-55-53(39-51)54-40-52(36-38-56(54)69-55)64(48-29-21-44(22-30-48)42-17-13-10-14-18-42)50-33-25-46(26-34-50)62-67-59(5,6)60(7,8)68-62/h9-40H,1-8H3. The van der Waals surface area contributed by atoms with Crippen LogP contribution in [0.1, 0.15) is 55.4 Å². The Morgan fingerprint density at radius 1 is 0.319 bits per heavy atom. The lowest BCUT2D eigenvalue weighted by molar-refractivity contribution is 0.00578. The minimum Gasteiger partial charge on any atom is -0.399 e. The van der Waals surface area contributed by atoms with Crippen LogP contribution in [0.3, 0.4) is 0 Å². The predicted octanol–water partition coefficient (Wildman–Crippen LogP) is 14.9. The van der Waals surface area contributed by atoms with Crippen LogP contribution in [0.25, 0.3) is 42.4 Å². The maximum absolute atomic E-state index is 6.45. The molecule has 9 heteroatoms. The van der Waals surface area contributed by atoms with E-state index in [1.165, 1.54) is 42.4 Å². The van der Waals surface area contributed by atoms with E-state index < -0.39 is 36.6 Å². The van der Waals surface area contributed by atoms with Crippen LogP contribution in [0.4, 0.5) is 34.1 Å². The highest BCUT2D eigenvalue weighted by Gasteiger charge is 2.52. The third-order valence-corrected chi connectivity index (χ3v) is 15.9. The molecule has 0 aliphatic carbocycles. The molecule has 0 spiro atoms. The smallest absolute Gasteiger partial charge is 0.399 e. The summed E-state index contributed by atoms with van der Waals surface area (Å²) in [4.78, 5) is 4.69. The van der Waals surface area contributed by atoms with E-state index in [0.29, 0.717) is 0 Å². The van der Waals surface area contributed by atoms with E-state index in [9.17, 15) is 0 Å². The summed E-state index contributed by atoms with van der Waals surface area (Å²) in [7, 11) is -0.889. The number of benzene rings is 8. The van der Waals surface area contributed by atoms with Gasteiger partial charge in [0, 0.05) is 54.3 Å². The van der Waals surface area contributed by atoms with Crippen LogP contribution in [-0.2, 0) is 18.6 Å². The van der Waals surface area contributed by atoms with Gasteiger partial charge in [-0.05, 0) is 173 Å². The van der Waals surface area contributed by atoms with E-state index in [4.69, 9.17) is 18.6 Å². The summed E-state index contributed by atoms with van der Waals surface area (Å²) < 4.78 is 28.3. The Morgan fingerprint density at radius 3 is 0.913 bits per heavy atom. The molecule has 8 aromatic carbocycles. The number of rotatable bonds is 10. The van der Waals surface area contributed by atoms with Gasteiger partial charge in [-0.25, -0.2) is 0 Å². The van der Waals surface area contributed by atoms with Crippen molar-refractivity contribution in [3.05, 3.63) is 194 Å². The maximum atomic E-state index is 6.45. The fraction of sp³-hybridized carbons (Fsp3) is 0.200. The molecular weight excluding hydrogens is 866 g/mol. The molecule has 0 radical (unpaired) electrons. The summed E-state index contributed by atoms with van der Waals surface area (Å²) in [6, 6.07) is 69.8. The molecule has 9 aromatic rings. The zero-order valence-corrected chi connectivity index (χ0v) is 41.4. The minimum atomic E-state index is -0.445. The highest BCUT2D eigenvalue weighted by Crippen LogP contribution is 2.45. The monoisotopic (exact) mass is 922 g/mol.